The second-order valence-corrected chi connectivity index (χ2v) is 7.42. The molecule has 0 spiro atoms. The maximum Gasteiger partial charge on any atom is 0.169 e. The van der Waals surface area contributed by atoms with Gasteiger partial charge in [0.15, 0.2) is 5.78 Å². The number of fused-ring (bicyclic) bond motifs is 2. The van der Waals surface area contributed by atoms with Crippen LogP contribution in [0.15, 0.2) is 42.2 Å². The molecule has 0 unspecified atom stereocenters. The molecular weight excluding hydrogens is 339 g/mol. The van der Waals surface area contributed by atoms with Gasteiger partial charge in [-0.1, -0.05) is 23.7 Å². The zero-order chi connectivity index (χ0) is 17.7. The summed E-state index contributed by atoms with van der Waals surface area (Å²) < 4.78 is 14.3. The van der Waals surface area contributed by atoms with Crippen LogP contribution in [0.4, 0.5) is 4.39 Å². The Morgan fingerprint density at radius 3 is 2.60 bits per heavy atom. The van der Waals surface area contributed by atoms with Crippen molar-refractivity contribution in [3.8, 4) is 11.1 Å². The number of ketones is 1. The monoisotopic (exact) mass is 356 g/mol. The molecule has 2 aliphatic rings. The molecule has 0 heterocycles. The minimum Gasteiger partial charge on any atom is -0.511 e. The van der Waals surface area contributed by atoms with Crippen LogP contribution in [0.25, 0.3) is 16.7 Å². The van der Waals surface area contributed by atoms with Crippen molar-refractivity contribution in [1.29, 1.82) is 0 Å². The molecule has 1 fully saturated rings. The first-order chi connectivity index (χ1) is 12.0. The second-order valence-electron chi connectivity index (χ2n) is 6.99. The van der Waals surface area contributed by atoms with Crippen molar-refractivity contribution in [2.24, 2.45) is 11.8 Å². The summed E-state index contributed by atoms with van der Waals surface area (Å²) in [7, 11) is 0. The summed E-state index contributed by atoms with van der Waals surface area (Å²) in [5.41, 5.74) is 3.12. The van der Waals surface area contributed by atoms with Gasteiger partial charge in [-0.25, -0.2) is 4.39 Å². The zero-order valence-corrected chi connectivity index (χ0v) is 14.6. The summed E-state index contributed by atoms with van der Waals surface area (Å²) in [4.78, 5) is 12.8. The minimum absolute atomic E-state index is 0.00576. The Balaban J connectivity index is 1.86. The molecule has 0 aliphatic heterocycles. The zero-order valence-electron chi connectivity index (χ0n) is 13.9. The van der Waals surface area contributed by atoms with Gasteiger partial charge in [0.2, 0.25) is 0 Å². The first-order valence-corrected chi connectivity index (χ1v) is 8.87. The molecule has 0 saturated heterocycles. The van der Waals surface area contributed by atoms with Crippen molar-refractivity contribution in [1.82, 2.24) is 0 Å². The van der Waals surface area contributed by atoms with E-state index < -0.39 is 5.82 Å². The molecule has 25 heavy (non-hydrogen) atoms. The number of allylic oxidation sites excluding steroid dienone is 2. The second kappa shape index (κ2) is 5.99. The van der Waals surface area contributed by atoms with Crippen LogP contribution in [0.2, 0.25) is 5.02 Å². The lowest BCUT2D eigenvalue weighted by molar-refractivity contribution is -0.117. The highest BCUT2D eigenvalue weighted by Crippen LogP contribution is 2.46. The van der Waals surface area contributed by atoms with Gasteiger partial charge in [0, 0.05) is 22.4 Å². The smallest absolute Gasteiger partial charge is 0.169 e. The highest BCUT2D eigenvalue weighted by atomic mass is 35.5. The Kier molecular flexibility index (Phi) is 3.92. The van der Waals surface area contributed by atoms with Crippen molar-refractivity contribution in [2.75, 3.05) is 0 Å². The molecule has 2 aromatic rings. The van der Waals surface area contributed by atoms with E-state index in [1.165, 1.54) is 6.07 Å². The predicted molar refractivity (Wildman–Crippen MR) is 97.0 cm³/mol. The first kappa shape index (κ1) is 16.3. The van der Waals surface area contributed by atoms with E-state index in [4.69, 9.17) is 11.6 Å². The number of carbonyl (C=O) groups is 1. The van der Waals surface area contributed by atoms with Gasteiger partial charge in [0.05, 0.1) is 5.57 Å². The maximum atomic E-state index is 14.3. The molecule has 4 heteroatoms. The van der Waals surface area contributed by atoms with Crippen LogP contribution < -0.4 is 0 Å². The number of carbonyl (C=O) groups excluding carboxylic acids is 1. The van der Waals surface area contributed by atoms with Crippen LogP contribution in [-0.4, -0.2) is 10.9 Å². The summed E-state index contributed by atoms with van der Waals surface area (Å²) in [6, 6.07) is 10.0. The predicted octanol–water partition coefficient (Wildman–Crippen LogP) is 5.72. The summed E-state index contributed by atoms with van der Waals surface area (Å²) >= 11 is 5.83. The number of Topliss-reactive ketones (excluding diaryl/α,β-unsaturated/α-hetero) is 1. The van der Waals surface area contributed by atoms with Crippen LogP contribution in [0.5, 0.6) is 0 Å². The van der Waals surface area contributed by atoms with Gasteiger partial charge in [-0.3, -0.25) is 4.79 Å². The molecule has 2 nitrogen and oxygen atoms in total. The lowest BCUT2D eigenvalue weighted by Gasteiger charge is -2.23. The number of aliphatic hydroxyl groups excluding tert-OH is 1. The Morgan fingerprint density at radius 1 is 1.08 bits per heavy atom. The van der Waals surface area contributed by atoms with E-state index in [2.05, 4.69) is 0 Å². The van der Waals surface area contributed by atoms with E-state index in [9.17, 15) is 14.3 Å². The van der Waals surface area contributed by atoms with Gasteiger partial charge < -0.3 is 5.11 Å². The van der Waals surface area contributed by atoms with Crippen molar-refractivity contribution in [3.63, 3.8) is 0 Å². The van der Waals surface area contributed by atoms with E-state index in [-0.39, 0.29) is 23.4 Å². The normalized spacial score (nSPS) is 22.6. The molecule has 128 valence electrons. The van der Waals surface area contributed by atoms with Crippen LogP contribution in [0, 0.1) is 24.6 Å². The summed E-state index contributed by atoms with van der Waals surface area (Å²) in [5, 5.41) is 11.0. The van der Waals surface area contributed by atoms with Gasteiger partial charge in [-0.05, 0) is 67.1 Å². The third-order valence-corrected chi connectivity index (χ3v) is 5.68. The molecule has 2 atom stereocenters. The third kappa shape index (κ3) is 2.67. The number of aliphatic hydroxyl groups is 1. The SMILES string of the molecule is Cc1ccc(-c2ccc(Cl)cc2F)cc1C1=C(O)[C@H]2CC[C@H](C2)C1=O. The summed E-state index contributed by atoms with van der Waals surface area (Å²) in [6.45, 7) is 1.90. The molecule has 1 saturated carbocycles. The van der Waals surface area contributed by atoms with E-state index in [0.717, 1.165) is 24.8 Å². The quantitative estimate of drug-likeness (QED) is 0.746. The molecule has 2 aromatic carbocycles. The first-order valence-electron chi connectivity index (χ1n) is 8.49. The Hall–Kier alpha value is -2.13. The van der Waals surface area contributed by atoms with Crippen LogP contribution >= 0.6 is 11.6 Å². The Labute approximate surface area is 150 Å². The fourth-order valence-corrected chi connectivity index (χ4v) is 4.21. The van der Waals surface area contributed by atoms with Gasteiger partial charge in [0.1, 0.15) is 11.6 Å². The average molecular weight is 357 g/mol. The topological polar surface area (TPSA) is 37.3 Å². The summed E-state index contributed by atoms with van der Waals surface area (Å²) in [6.07, 6.45) is 2.44. The maximum absolute atomic E-state index is 14.3. The number of hydrogen-bond acceptors (Lipinski definition) is 2. The molecule has 0 amide bonds. The van der Waals surface area contributed by atoms with Gasteiger partial charge in [-0.2, -0.15) is 0 Å². The lowest BCUT2D eigenvalue weighted by Crippen LogP contribution is -2.21. The largest absolute Gasteiger partial charge is 0.511 e. The molecule has 2 aliphatic carbocycles. The van der Waals surface area contributed by atoms with E-state index in [1.54, 1.807) is 18.2 Å². The number of aryl methyl sites for hydroxylation is 1. The molecule has 1 N–H and O–H groups in total. The average Bonchev–Trinajstić information content (AvgIpc) is 3.02. The fourth-order valence-electron chi connectivity index (χ4n) is 4.06. The van der Waals surface area contributed by atoms with Crippen molar-refractivity contribution in [3.05, 3.63) is 64.1 Å². The van der Waals surface area contributed by atoms with Crippen molar-refractivity contribution >= 4 is 23.0 Å². The molecule has 0 aromatic heterocycles. The standard InChI is InChI=1S/C21H18ClFO2/c1-11-2-3-12(16-7-6-15(22)10-18(16)23)9-17(11)19-20(24)13-4-5-14(8-13)21(19)25/h2-3,6-7,9-10,13-14,24H,4-5,8H2,1H3/t13-,14+/m0/s1. The highest BCUT2D eigenvalue weighted by Gasteiger charge is 2.41. The number of hydrogen-bond donors (Lipinski definition) is 1. The van der Waals surface area contributed by atoms with Crippen LogP contribution in [0.1, 0.15) is 30.4 Å². The van der Waals surface area contributed by atoms with E-state index in [1.807, 2.05) is 19.1 Å². The van der Waals surface area contributed by atoms with Crippen LogP contribution in [-0.2, 0) is 4.79 Å². The highest BCUT2D eigenvalue weighted by molar-refractivity contribution is 6.30. The van der Waals surface area contributed by atoms with Crippen LogP contribution in [0.3, 0.4) is 0 Å². The van der Waals surface area contributed by atoms with Crippen molar-refractivity contribution < 1.29 is 14.3 Å². The molecule has 4 rings (SSSR count). The van der Waals surface area contributed by atoms with Gasteiger partial charge in [0.25, 0.3) is 0 Å². The molecule has 0 radical (unpaired) electrons. The van der Waals surface area contributed by atoms with E-state index >= 15 is 0 Å². The molecule has 2 bridgehead atoms. The minimum atomic E-state index is -0.407. The lowest BCUT2D eigenvalue weighted by atomic mass is 9.81. The Morgan fingerprint density at radius 2 is 1.84 bits per heavy atom. The fraction of sp³-hybridized carbons (Fsp3) is 0.286. The Bertz CT molecular complexity index is 916. The van der Waals surface area contributed by atoms with Crippen molar-refractivity contribution in [2.45, 2.75) is 26.2 Å². The number of benzene rings is 2. The molecular formula is C21H18ClFO2. The number of halogens is 2. The van der Waals surface area contributed by atoms with E-state index in [0.29, 0.717) is 27.3 Å². The number of rotatable bonds is 2. The third-order valence-electron chi connectivity index (χ3n) is 5.44. The van der Waals surface area contributed by atoms with Gasteiger partial charge >= 0.3 is 0 Å². The van der Waals surface area contributed by atoms with Gasteiger partial charge in [-0.15, -0.1) is 0 Å². The summed E-state index contributed by atoms with van der Waals surface area (Å²) in [5.74, 6) is -0.103.